The molecule has 0 atom stereocenters. The van der Waals surface area contributed by atoms with Gasteiger partial charge in [-0.2, -0.15) is 12.6 Å². The van der Waals surface area contributed by atoms with Crippen LogP contribution < -0.4 is 0 Å². The summed E-state index contributed by atoms with van der Waals surface area (Å²) in [5, 5.41) is 0. The van der Waals surface area contributed by atoms with Crippen molar-refractivity contribution in [3.8, 4) is 0 Å². The molecule has 0 unspecified atom stereocenters. The number of hydrogen-bond acceptors (Lipinski definition) is 3. The number of likely N-dealkylation sites (tertiary alicyclic amines) is 1. The molecule has 0 aromatic rings. The predicted octanol–water partition coefficient (Wildman–Crippen LogP) is 1.03. The molecule has 0 bridgehead atoms. The lowest BCUT2D eigenvalue weighted by atomic mass is 9.97. The second-order valence-electron chi connectivity index (χ2n) is 3.85. The maximum Gasteiger partial charge on any atom is 0.0645 e. The van der Waals surface area contributed by atoms with Crippen molar-refractivity contribution < 1.29 is 4.74 Å². The quantitative estimate of drug-likeness (QED) is 0.648. The summed E-state index contributed by atoms with van der Waals surface area (Å²) < 4.78 is 5.18. The summed E-state index contributed by atoms with van der Waals surface area (Å²) in [4.78, 5) is 2.57. The Morgan fingerprint density at radius 3 is 2.33 bits per heavy atom. The van der Waals surface area contributed by atoms with Crippen LogP contribution in [0.1, 0.15) is 12.8 Å². The zero-order chi connectivity index (χ0) is 8.39. The summed E-state index contributed by atoms with van der Waals surface area (Å²) in [6.45, 7) is 4.45. The van der Waals surface area contributed by atoms with E-state index in [4.69, 9.17) is 4.74 Å². The van der Waals surface area contributed by atoms with Crippen molar-refractivity contribution in [2.24, 2.45) is 5.92 Å². The Morgan fingerprint density at radius 2 is 1.92 bits per heavy atom. The fraction of sp³-hybridized carbons (Fsp3) is 1.00. The molecule has 2 nitrogen and oxygen atoms in total. The van der Waals surface area contributed by atoms with Crippen LogP contribution in [0.4, 0.5) is 0 Å². The van der Waals surface area contributed by atoms with E-state index in [2.05, 4.69) is 17.5 Å². The Hall–Kier alpha value is 0.270. The molecule has 0 amide bonds. The minimum atomic E-state index is 0.742. The van der Waals surface area contributed by atoms with E-state index < -0.39 is 0 Å². The van der Waals surface area contributed by atoms with Gasteiger partial charge in [-0.25, -0.2) is 0 Å². The average Bonchev–Trinajstić information content (AvgIpc) is 2.03. The van der Waals surface area contributed by atoms with Crippen molar-refractivity contribution in [1.29, 1.82) is 0 Å². The first-order valence-electron chi connectivity index (χ1n) is 4.83. The SMILES string of the molecule is SCC1CCN(C2COC2)CC1. The number of thiol groups is 1. The summed E-state index contributed by atoms with van der Waals surface area (Å²) in [5.41, 5.74) is 0. The Labute approximate surface area is 79.7 Å². The second-order valence-corrected chi connectivity index (χ2v) is 4.22. The molecule has 0 aliphatic carbocycles. The highest BCUT2D eigenvalue weighted by Crippen LogP contribution is 2.22. The Kier molecular flexibility index (Phi) is 2.94. The zero-order valence-electron chi connectivity index (χ0n) is 7.41. The summed E-state index contributed by atoms with van der Waals surface area (Å²) in [5.74, 6) is 1.93. The molecule has 2 aliphatic rings. The standard InChI is InChI=1S/C9H17NOS/c12-7-8-1-3-10(4-2-8)9-5-11-6-9/h8-9,12H,1-7H2. The van der Waals surface area contributed by atoms with Crippen LogP contribution in [0.5, 0.6) is 0 Å². The van der Waals surface area contributed by atoms with E-state index in [0.29, 0.717) is 0 Å². The fourth-order valence-electron chi connectivity index (χ4n) is 1.93. The minimum Gasteiger partial charge on any atom is -0.378 e. The van der Waals surface area contributed by atoms with E-state index in [1.54, 1.807) is 0 Å². The lowest BCUT2D eigenvalue weighted by molar-refractivity contribution is -0.0729. The molecule has 3 heteroatoms. The molecule has 2 heterocycles. The minimum absolute atomic E-state index is 0.742. The van der Waals surface area contributed by atoms with E-state index in [9.17, 15) is 0 Å². The fourth-order valence-corrected chi connectivity index (χ4v) is 2.30. The van der Waals surface area contributed by atoms with E-state index in [1.165, 1.54) is 25.9 Å². The molecule has 2 rings (SSSR count). The molecule has 0 aromatic heterocycles. The molecular formula is C9H17NOS. The maximum atomic E-state index is 5.18. The normalized spacial score (nSPS) is 28.8. The molecule has 70 valence electrons. The number of ether oxygens (including phenoxy) is 1. The van der Waals surface area contributed by atoms with Crippen molar-refractivity contribution in [2.75, 3.05) is 32.1 Å². The molecule has 0 N–H and O–H groups in total. The first kappa shape index (κ1) is 8.85. The second kappa shape index (κ2) is 3.99. The first-order valence-corrected chi connectivity index (χ1v) is 5.46. The van der Waals surface area contributed by atoms with Gasteiger partial charge in [-0.1, -0.05) is 0 Å². The van der Waals surface area contributed by atoms with Crippen LogP contribution in [-0.2, 0) is 4.74 Å². The smallest absolute Gasteiger partial charge is 0.0645 e. The van der Waals surface area contributed by atoms with Crippen molar-refractivity contribution in [3.63, 3.8) is 0 Å². The van der Waals surface area contributed by atoms with E-state index in [1.807, 2.05) is 0 Å². The van der Waals surface area contributed by atoms with Crippen molar-refractivity contribution in [3.05, 3.63) is 0 Å². The van der Waals surface area contributed by atoms with E-state index in [-0.39, 0.29) is 0 Å². The zero-order valence-corrected chi connectivity index (χ0v) is 8.30. The Balaban J connectivity index is 1.74. The van der Waals surface area contributed by atoms with Gasteiger partial charge in [0, 0.05) is 0 Å². The van der Waals surface area contributed by atoms with E-state index >= 15 is 0 Å². The molecule has 0 spiro atoms. The van der Waals surface area contributed by atoms with Crippen molar-refractivity contribution in [2.45, 2.75) is 18.9 Å². The lowest BCUT2D eigenvalue weighted by Crippen LogP contribution is -2.51. The highest BCUT2D eigenvalue weighted by atomic mass is 32.1. The lowest BCUT2D eigenvalue weighted by Gasteiger charge is -2.41. The van der Waals surface area contributed by atoms with Crippen LogP contribution in [0.2, 0.25) is 0 Å². The van der Waals surface area contributed by atoms with Gasteiger partial charge in [-0.05, 0) is 37.6 Å². The maximum absolute atomic E-state index is 5.18. The van der Waals surface area contributed by atoms with Gasteiger partial charge in [0.05, 0.1) is 19.3 Å². The third-order valence-corrected chi connectivity index (χ3v) is 3.56. The van der Waals surface area contributed by atoms with Gasteiger partial charge in [0.2, 0.25) is 0 Å². The van der Waals surface area contributed by atoms with Crippen LogP contribution in [-0.4, -0.2) is 43.0 Å². The molecular weight excluding hydrogens is 170 g/mol. The largest absolute Gasteiger partial charge is 0.378 e. The molecule has 0 aromatic carbocycles. The highest BCUT2D eigenvalue weighted by Gasteiger charge is 2.28. The van der Waals surface area contributed by atoms with Gasteiger partial charge >= 0.3 is 0 Å². The van der Waals surface area contributed by atoms with Crippen LogP contribution in [0, 0.1) is 5.92 Å². The molecule has 0 radical (unpaired) electrons. The van der Waals surface area contributed by atoms with Gasteiger partial charge in [0.25, 0.3) is 0 Å². The van der Waals surface area contributed by atoms with Crippen LogP contribution in [0.15, 0.2) is 0 Å². The average molecular weight is 187 g/mol. The number of hydrogen-bond donors (Lipinski definition) is 1. The molecule has 0 saturated carbocycles. The first-order chi connectivity index (χ1) is 5.90. The summed E-state index contributed by atoms with van der Waals surface area (Å²) in [7, 11) is 0. The molecule has 12 heavy (non-hydrogen) atoms. The molecule has 2 fully saturated rings. The van der Waals surface area contributed by atoms with Gasteiger partial charge in [-0.15, -0.1) is 0 Å². The summed E-state index contributed by atoms with van der Waals surface area (Å²) >= 11 is 4.34. The van der Waals surface area contributed by atoms with E-state index in [0.717, 1.165) is 30.9 Å². The van der Waals surface area contributed by atoms with Crippen LogP contribution in [0.3, 0.4) is 0 Å². The monoisotopic (exact) mass is 187 g/mol. The Bertz CT molecular complexity index is 141. The number of piperidine rings is 1. The highest BCUT2D eigenvalue weighted by molar-refractivity contribution is 7.80. The third kappa shape index (κ3) is 1.78. The van der Waals surface area contributed by atoms with Crippen molar-refractivity contribution >= 4 is 12.6 Å². The topological polar surface area (TPSA) is 12.5 Å². The molecule has 2 aliphatic heterocycles. The molecule has 2 saturated heterocycles. The summed E-state index contributed by atoms with van der Waals surface area (Å²) in [6, 6.07) is 0.742. The third-order valence-electron chi connectivity index (χ3n) is 3.04. The summed E-state index contributed by atoms with van der Waals surface area (Å²) in [6.07, 6.45) is 2.67. The van der Waals surface area contributed by atoms with Crippen LogP contribution >= 0.6 is 12.6 Å². The van der Waals surface area contributed by atoms with Crippen molar-refractivity contribution in [1.82, 2.24) is 4.90 Å². The van der Waals surface area contributed by atoms with Gasteiger partial charge in [-0.3, -0.25) is 4.90 Å². The Morgan fingerprint density at radius 1 is 1.25 bits per heavy atom. The van der Waals surface area contributed by atoms with Gasteiger partial charge in [0.15, 0.2) is 0 Å². The number of nitrogens with zero attached hydrogens (tertiary/aromatic N) is 1. The van der Waals surface area contributed by atoms with Gasteiger partial charge in [0.1, 0.15) is 0 Å². The van der Waals surface area contributed by atoms with Gasteiger partial charge < -0.3 is 4.74 Å². The predicted molar refractivity (Wildman–Crippen MR) is 52.8 cm³/mol. The number of rotatable bonds is 2. The van der Waals surface area contributed by atoms with Crippen LogP contribution in [0.25, 0.3) is 0 Å².